The number of ether oxygens (including phenoxy) is 1. The molecule has 0 fully saturated rings. The number of anilines is 1. The van der Waals surface area contributed by atoms with E-state index in [9.17, 15) is 9.59 Å². The molecule has 0 unspecified atom stereocenters. The number of hydrazine groups is 1. The molecule has 0 aliphatic heterocycles. The van der Waals surface area contributed by atoms with Gasteiger partial charge < -0.3 is 15.0 Å². The molecule has 10 heteroatoms. The van der Waals surface area contributed by atoms with E-state index in [1.807, 2.05) is 42.5 Å². The first kappa shape index (κ1) is 21.3. The van der Waals surface area contributed by atoms with Gasteiger partial charge >= 0.3 is 5.91 Å². The lowest BCUT2D eigenvalue weighted by Gasteiger charge is -2.08. The van der Waals surface area contributed by atoms with Crippen molar-refractivity contribution in [3.05, 3.63) is 60.9 Å². The van der Waals surface area contributed by atoms with Crippen molar-refractivity contribution in [1.29, 1.82) is 0 Å². The Balaban J connectivity index is 1.53. The number of nitrogens with two attached hydrogens (primary N) is 1. The van der Waals surface area contributed by atoms with Crippen LogP contribution in [0.4, 0.5) is 5.82 Å². The Morgan fingerprint density at radius 1 is 1.03 bits per heavy atom. The Morgan fingerprint density at radius 3 is 2.48 bits per heavy atom. The van der Waals surface area contributed by atoms with Gasteiger partial charge in [0.15, 0.2) is 17.3 Å². The number of nitrogens with one attached hydrogen (secondary N) is 2. The molecule has 2 heterocycles. The number of carbonyl (C=O) groups excluding carboxylic acids is 2. The number of benzene rings is 2. The fourth-order valence-corrected chi connectivity index (χ4v) is 2.97. The molecule has 33 heavy (non-hydrogen) atoms. The van der Waals surface area contributed by atoms with E-state index >= 15 is 0 Å². The van der Waals surface area contributed by atoms with E-state index in [0.29, 0.717) is 28.3 Å². The van der Waals surface area contributed by atoms with Crippen molar-refractivity contribution in [2.45, 2.75) is 13.5 Å². The summed E-state index contributed by atoms with van der Waals surface area (Å²) in [6, 6.07) is 16.7. The number of amides is 2. The van der Waals surface area contributed by atoms with Crippen molar-refractivity contribution in [3.8, 4) is 34.7 Å². The SMILES string of the molecule is CC#CC(=O)NNC(=O)Cn1cnc2c(N)nc(-c3ccc(Oc4ccccc4)cc3)nc21. The molecule has 164 valence electrons. The molecule has 2 amide bonds. The standard InChI is InChI=1S/C23H19N7O3/c1-2-6-18(31)28-29-19(32)13-30-14-25-20-21(24)26-22(27-23(20)30)15-9-11-17(12-10-15)33-16-7-4-3-5-8-16/h3-5,7-12,14H,13H2,1H3,(H,28,31)(H,29,32)(H2,24,26,27). The first-order chi connectivity index (χ1) is 16.0. The quantitative estimate of drug-likeness (QED) is 0.318. The number of nitrogens with zero attached hydrogens (tertiary/aromatic N) is 4. The van der Waals surface area contributed by atoms with Crippen molar-refractivity contribution >= 4 is 28.8 Å². The van der Waals surface area contributed by atoms with Crippen molar-refractivity contribution < 1.29 is 14.3 Å². The molecule has 2 aromatic carbocycles. The van der Waals surface area contributed by atoms with Crippen LogP contribution in [0.1, 0.15) is 6.92 Å². The van der Waals surface area contributed by atoms with Gasteiger partial charge in [0.1, 0.15) is 23.6 Å². The average Bonchev–Trinajstić information content (AvgIpc) is 3.22. The van der Waals surface area contributed by atoms with Crippen LogP contribution >= 0.6 is 0 Å². The van der Waals surface area contributed by atoms with Gasteiger partial charge in [0, 0.05) is 5.56 Å². The number of fused-ring (bicyclic) bond motifs is 1. The predicted octanol–water partition coefficient (Wildman–Crippen LogP) is 2.04. The van der Waals surface area contributed by atoms with Gasteiger partial charge in [0.05, 0.1) is 6.33 Å². The van der Waals surface area contributed by atoms with Gasteiger partial charge in [-0.2, -0.15) is 0 Å². The third-order valence-electron chi connectivity index (χ3n) is 4.45. The zero-order chi connectivity index (χ0) is 23.2. The monoisotopic (exact) mass is 441 g/mol. The second-order valence-electron chi connectivity index (χ2n) is 6.79. The third-order valence-corrected chi connectivity index (χ3v) is 4.45. The van der Waals surface area contributed by atoms with E-state index in [4.69, 9.17) is 10.5 Å². The van der Waals surface area contributed by atoms with E-state index in [0.717, 1.165) is 5.75 Å². The van der Waals surface area contributed by atoms with Crippen LogP contribution in [0, 0.1) is 11.8 Å². The lowest BCUT2D eigenvalue weighted by Crippen LogP contribution is -2.42. The number of carbonyl (C=O) groups is 2. The van der Waals surface area contributed by atoms with Crippen LogP contribution in [0.15, 0.2) is 60.9 Å². The summed E-state index contributed by atoms with van der Waals surface area (Å²) in [5, 5.41) is 0. The molecule has 0 atom stereocenters. The molecule has 0 aliphatic carbocycles. The van der Waals surface area contributed by atoms with E-state index in [1.54, 1.807) is 12.1 Å². The number of aromatic nitrogens is 4. The Hall–Kier alpha value is -4.91. The summed E-state index contributed by atoms with van der Waals surface area (Å²) >= 11 is 0. The Morgan fingerprint density at radius 2 is 1.76 bits per heavy atom. The van der Waals surface area contributed by atoms with Crippen molar-refractivity contribution in [1.82, 2.24) is 30.4 Å². The fourth-order valence-electron chi connectivity index (χ4n) is 2.97. The second kappa shape index (κ2) is 9.49. The molecular formula is C23H19N7O3. The molecular weight excluding hydrogens is 422 g/mol. The van der Waals surface area contributed by atoms with Gasteiger partial charge in [-0.1, -0.05) is 24.1 Å². The number of nitrogen functional groups attached to an aromatic ring is 1. The summed E-state index contributed by atoms with van der Waals surface area (Å²) in [4.78, 5) is 36.6. The summed E-state index contributed by atoms with van der Waals surface area (Å²) in [6.07, 6.45) is 1.43. The topological polar surface area (TPSA) is 137 Å². The zero-order valence-corrected chi connectivity index (χ0v) is 17.6. The fraction of sp³-hybridized carbons (Fsp3) is 0.0870. The summed E-state index contributed by atoms with van der Waals surface area (Å²) in [5.74, 6) is 5.55. The van der Waals surface area contributed by atoms with Crippen LogP contribution in [-0.2, 0) is 16.1 Å². The first-order valence-electron chi connectivity index (χ1n) is 9.87. The van der Waals surface area contributed by atoms with Crippen LogP contribution in [-0.4, -0.2) is 31.3 Å². The summed E-state index contributed by atoms with van der Waals surface area (Å²) in [7, 11) is 0. The zero-order valence-electron chi connectivity index (χ0n) is 17.6. The van der Waals surface area contributed by atoms with Gasteiger partial charge in [-0.25, -0.2) is 15.0 Å². The second-order valence-corrected chi connectivity index (χ2v) is 6.79. The molecule has 0 bridgehead atoms. The molecule has 4 rings (SSSR count). The van der Waals surface area contributed by atoms with E-state index < -0.39 is 11.8 Å². The van der Waals surface area contributed by atoms with E-state index in [2.05, 4.69) is 37.6 Å². The minimum absolute atomic E-state index is 0.143. The lowest BCUT2D eigenvalue weighted by molar-refractivity contribution is -0.126. The highest BCUT2D eigenvalue weighted by atomic mass is 16.5. The molecule has 10 nitrogen and oxygen atoms in total. The molecule has 0 spiro atoms. The van der Waals surface area contributed by atoms with Crippen LogP contribution in [0.2, 0.25) is 0 Å². The minimum Gasteiger partial charge on any atom is -0.457 e. The lowest BCUT2D eigenvalue weighted by atomic mass is 10.2. The highest BCUT2D eigenvalue weighted by Gasteiger charge is 2.15. The molecule has 0 saturated carbocycles. The largest absolute Gasteiger partial charge is 0.457 e. The molecule has 0 saturated heterocycles. The molecule has 4 aromatic rings. The normalized spacial score (nSPS) is 10.2. The summed E-state index contributed by atoms with van der Waals surface area (Å²) in [5.41, 5.74) is 12.0. The van der Waals surface area contributed by atoms with Crippen LogP contribution in [0.3, 0.4) is 0 Å². The van der Waals surface area contributed by atoms with E-state index in [1.165, 1.54) is 17.8 Å². The van der Waals surface area contributed by atoms with Gasteiger partial charge in [-0.15, -0.1) is 0 Å². The molecule has 4 N–H and O–H groups in total. The third kappa shape index (κ3) is 5.05. The Kier molecular flexibility index (Phi) is 6.13. The van der Waals surface area contributed by atoms with Gasteiger partial charge in [0.25, 0.3) is 5.91 Å². The number of imidazole rings is 1. The smallest absolute Gasteiger partial charge is 0.314 e. The highest BCUT2D eigenvalue weighted by Crippen LogP contribution is 2.26. The first-order valence-corrected chi connectivity index (χ1v) is 9.87. The maximum Gasteiger partial charge on any atom is 0.314 e. The van der Waals surface area contributed by atoms with Crippen molar-refractivity contribution in [3.63, 3.8) is 0 Å². The number of para-hydroxylation sites is 1. The average molecular weight is 441 g/mol. The summed E-state index contributed by atoms with van der Waals surface area (Å²) in [6.45, 7) is 1.38. The van der Waals surface area contributed by atoms with Crippen molar-refractivity contribution in [2.75, 3.05) is 5.73 Å². The molecule has 0 radical (unpaired) electrons. The predicted molar refractivity (Wildman–Crippen MR) is 121 cm³/mol. The molecule has 0 aliphatic rings. The van der Waals surface area contributed by atoms with Crippen LogP contribution in [0.25, 0.3) is 22.6 Å². The minimum atomic E-state index is -0.616. The number of hydrogen-bond donors (Lipinski definition) is 3. The van der Waals surface area contributed by atoms with E-state index in [-0.39, 0.29) is 12.4 Å². The van der Waals surface area contributed by atoms with Gasteiger partial charge in [-0.3, -0.25) is 20.4 Å². The summed E-state index contributed by atoms with van der Waals surface area (Å²) < 4.78 is 7.32. The van der Waals surface area contributed by atoms with Crippen LogP contribution in [0.5, 0.6) is 11.5 Å². The number of rotatable bonds is 5. The maximum atomic E-state index is 12.2. The van der Waals surface area contributed by atoms with Crippen molar-refractivity contribution in [2.24, 2.45) is 0 Å². The number of hydrogen-bond acceptors (Lipinski definition) is 7. The van der Waals surface area contributed by atoms with Crippen LogP contribution < -0.4 is 21.3 Å². The Labute approximate surface area is 188 Å². The maximum absolute atomic E-state index is 12.2. The van der Waals surface area contributed by atoms with Gasteiger partial charge in [0.2, 0.25) is 0 Å². The Bertz CT molecular complexity index is 1370. The molecule has 2 aromatic heterocycles. The van der Waals surface area contributed by atoms with Gasteiger partial charge in [-0.05, 0) is 49.2 Å². The highest BCUT2D eigenvalue weighted by molar-refractivity contribution is 5.94.